The topological polar surface area (TPSA) is 26.0 Å². The van der Waals surface area contributed by atoms with E-state index >= 15 is 0 Å². The number of rotatable bonds is 6. The van der Waals surface area contributed by atoms with Crippen LogP contribution in [0.25, 0.3) is 0 Å². The summed E-state index contributed by atoms with van der Waals surface area (Å²) in [5, 5.41) is 0. The van der Waals surface area contributed by atoms with Crippen LogP contribution in [0.15, 0.2) is 24.3 Å². The van der Waals surface area contributed by atoms with Crippen molar-refractivity contribution in [3.8, 4) is 0 Å². The minimum absolute atomic E-state index is 0.865. The van der Waals surface area contributed by atoms with E-state index in [1.54, 1.807) is 0 Å². The third kappa shape index (κ3) is 4.63. The summed E-state index contributed by atoms with van der Waals surface area (Å²) in [6.07, 6.45) is 8.38. The number of thioether (sulfide) groups is 1. The molecule has 1 nitrogen and oxygen atoms in total. The van der Waals surface area contributed by atoms with E-state index in [1.165, 1.54) is 55.6 Å². The molecule has 94 valence electrons. The highest BCUT2D eigenvalue weighted by atomic mass is 32.2. The number of nitrogen functional groups attached to an aromatic ring is 1. The Morgan fingerprint density at radius 3 is 2.53 bits per heavy atom. The maximum absolute atomic E-state index is 5.67. The van der Waals surface area contributed by atoms with Crippen molar-refractivity contribution in [1.29, 1.82) is 0 Å². The SMILES string of the molecule is Nc1ccc(CCCSCC2CCCC2)cc1. The molecule has 17 heavy (non-hydrogen) atoms. The molecule has 1 aromatic rings. The van der Waals surface area contributed by atoms with Gasteiger partial charge in [-0.2, -0.15) is 11.8 Å². The summed E-state index contributed by atoms with van der Waals surface area (Å²) < 4.78 is 0. The van der Waals surface area contributed by atoms with Gasteiger partial charge in [0.05, 0.1) is 0 Å². The first-order valence-corrected chi connectivity index (χ1v) is 7.92. The summed E-state index contributed by atoms with van der Waals surface area (Å²) in [6.45, 7) is 0. The molecule has 1 fully saturated rings. The highest BCUT2D eigenvalue weighted by Crippen LogP contribution is 2.28. The van der Waals surface area contributed by atoms with Crippen LogP contribution in [0.5, 0.6) is 0 Å². The number of aryl methyl sites for hydroxylation is 1. The molecule has 0 atom stereocenters. The van der Waals surface area contributed by atoms with Crippen molar-refractivity contribution in [3.05, 3.63) is 29.8 Å². The average molecular weight is 249 g/mol. The first-order valence-electron chi connectivity index (χ1n) is 6.77. The second-order valence-electron chi connectivity index (χ2n) is 5.07. The van der Waals surface area contributed by atoms with Gasteiger partial charge in [-0.1, -0.05) is 25.0 Å². The zero-order chi connectivity index (χ0) is 11.9. The van der Waals surface area contributed by atoms with Gasteiger partial charge in [-0.25, -0.2) is 0 Å². The molecule has 2 rings (SSSR count). The lowest BCUT2D eigenvalue weighted by Crippen LogP contribution is -1.98. The van der Waals surface area contributed by atoms with Crippen LogP contribution in [0, 0.1) is 5.92 Å². The molecule has 1 aromatic carbocycles. The summed E-state index contributed by atoms with van der Waals surface area (Å²) in [5.74, 6) is 3.72. The summed E-state index contributed by atoms with van der Waals surface area (Å²) in [7, 11) is 0. The molecule has 1 saturated carbocycles. The Labute approximate surface area is 109 Å². The fourth-order valence-corrected chi connectivity index (χ4v) is 3.67. The molecule has 0 aromatic heterocycles. The number of hydrogen-bond donors (Lipinski definition) is 1. The molecule has 0 aliphatic heterocycles. The van der Waals surface area contributed by atoms with Crippen molar-refractivity contribution in [2.45, 2.75) is 38.5 Å². The molecule has 2 N–H and O–H groups in total. The normalized spacial score (nSPS) is 16.5. The monoisotopic (exact) mass is 249 g/mol. The van der Waals surface area contributed by atoms with E-state index in [-0.39, 0.29) is 0 Å². The minimum Gasteiger partial charge on any atom is -0.399 e. The average Bonchev–Trinajstić information content (AvgIpc) is 2.84. The van der Waals surface area contributed by atoms with Gasteiger partial charge < -0.3 is 5.73 Å². The van der Waals surface area contributed by atoms with Crippen molar-refractivity contribution in [3.63, 3.8) is 0 Å². The van der Waals surface area contributed by atoms with E-state index < -0.39 is 0 Å². The quantitative estimate of drug-likeness (QED) is 0.606. The number of hydrogen-bond acceptors (Lipinski definition) is 2. The van der Waals surface area contributed by atoms with Crippen molar-refractivity contribution in [1.82, 2.24) is 0 Å². The Balaban J connectivity index is 1.55. The van der Waals surface area contributed by atoms with Crippen LogP contribution in [-0.4, -0.2) is 11.5 Å². The fraction of sp³-hybridized carbons (Fsp3) is 0.600. The van der Waals surface area contributed by atoms with E-state index in [9.17, 15) is 0 Å². The van der Waals surface area contributed by atoms with E-state index in [2.05, 4.69) is 23.9 Å². The molecule has 1 aliphatic carbocycles. The van der Waals surface area contributed by atoms with Crippen molar-refractivity contribution < 1.29 is 0 Å². The van der Waals surface area contributed by atoms with E-state index in [4.69, 9.17) is 5.73 Å². The van der Waals surface area contributed by atoms with Gasteiger partial charge in [0.2, 0.25) is 0 Å². The van der Waals surface area contributed by atoms with Crippen LogP contribution in [0.2, 0.25) is 0 Å². The molecule has 1 aliphatic rings. The van der Waals surface area contributed by atoms with Crippen LogP contribution in [0.1, 0.15) is 37.7 Å². The summed E-state index contributed by atoms with van der Waals surface area (Å²) in [5.41, 5.74) is 7.95. The van der Waals surface area contributed by atoms with E-state index in [0.29, 0.717) is 0 Å². The van der Waals surface area contributed by atoms with Gasteiger partial charge in [-0.15, -0.1) is 0 Å². The molecular weight excluding hydrogens is 226 g/mol. The van der Waals surface area contributed by atoms with Gasteiger partial charge in [-0.05, 0) is 60.8 Å². The Morgan fingerprint density at radius 1 is 1.12 bits per heavy atom. The Morgan fingerprint density at radius 2 is 1.82 bits per heavy atom. The molecule has 0 heterocycles. The lowest BCUT2D eigenvalue weighted by Gasteiger charge is -2.08. The number of nitrogens with two attached hydrogens (primary N) is 1. The standard InChI is InChI=1S/C15H23NS/c16-15-9-7-13(8-10-15)6-3-11-17-12-14-4-1-2-5-14/h7-10,14H,1-6,11-12,16H2. The van der Waals surface area contributed by atoms with Crippen LogP contribution < -0.4 is 5.73 Å². The molecule has 0 amide bonds. The van der Waals surface area contributed by atoms with Crippen LogP contribution >= 0.6 is 11.8 Å². The lowest BCUT2D eigenvalue weighted by molar-refractivity contribution is 0.623. The summed E-state index contributed by atoms with van der Waals surface area (Å²) in [4.78, 5) is 0. The summed E-state index contributed by atoms with van der Waals surface area (Å²) >= 11 is 2.15. The highest BCUT2D eigenvalue weighted by molar-refractivity contribution is 7.99. The van der Waals surface area contributed by atoms with Crippen molar-refractivity contribution in [2.24, 2.45) is 5.92 Å². The molecule has 0 bridgehead atoms. The molecular formula is C15H23NS. The van der Waals surface area contributed by atoms with Crippen LogP contribution in [0.4, 0.5) is 5.69 Å². The van der Waals surface area contributed by atoms with Gasteiger partial charge in [0.25, 0.3) is 0 Å². The van der Waals surface area contributed by atoms with Gasteiger partial charge in [-0.3, -0.25) is 0 Å². The Bertz CT molecular complexity index is 314. The molecule has 0 unspecified atom stereocenters. The van der Waals surface area contributed by atoms with Crippen molar-refractivity contribution in [2.75, 3.05) is 17.2 Å². The Hall–Kier alpha value is -0.630. The lowest BCUT2D eigenvalue weighted by atomic mass is 10.1. The minimum atomic E-state index is 0.865. The predicted molar refractivity (Wildman–Crippen MR) is 78.5 cm³/mol. The van der Waals surface area contributed by atoms with Gasteiger partial charge >= 0.3 is 0 Å². The third-order valence-electron chi connectivity index (χ3n) is 3.56. The molecule has 0 spiro atoms. The zero-order valence-corrected chi connectivity index (χ0v) is 11.3. The third-order valence-corrected chi connectivity index (χ3v) is 4.85. The van der Waals surface area contributed by atoms with E-state index in [1.807, 2.05) is 12.1 Å². The smallest absolute Gasteiger partial charge is 0.0314 e. The first-order chi connectivity index (χ1) is 8.34. The van der Waals surface area contributed by atoms with Crippen molar-refractivity contribution >= 4 is 17.4 Å². The predicted octanol–water partition coefficient (Wildman–Crippen LogP) is 4.12. The number of benzene rings is 1. The Kier molecular flexibility index (Phi) is 5.24. The van der Waals surface area contributed by atoms with Gasteiger partial charge in [0.1, 0.15) is 0 Å². The van der Waals surface area contributed by atoms with Crippen LogP contribution in [0.3, 0.4) is 0 Å². The van der Waals surface area contributed by atoms with Gasteiger partial charge in [0, 0.05) is 5.69 Å². The number of anilines is 1. The van der Waals surface area contributed by atoms with Crippen LogP contribution in [-0.2, 0) is 6.42 Å². The maximum Gasteiger partial charge on any atom is 0.0314 e. The largest absolute Gasteiger partial charge is 0.399 e. The second-order valence-corrected chi connectivity index (χ2v) is 6.22. The van der Waals surface area contributed by atoms with Gasteiger partial charge in [0.15, 0.2) is 0 Å². The molecule has 0 saturated heterocycles. The summed E-state index contributed by atoms with van der Waals surface area (Å²) in [6, 6.07) is 8.30. The van der Waals surface area contributed by atoms with E-state index in [0.717, 1.165) is 11.6 Å². The molecule has 0 radical (unpaired) electrons. The first kappa shape index (κ1) is 12.8. The second kappa shape index (κ2) is 6.95. The fourth-order valence-electron chi connectivity index (χ4n) is 2.49. The zero-order valence-electron chi connectivity index (χ0n) is 10.5. The highest BCUT2D eigenvalue weighted by Gasteiger charge is 2.14. The molecule has 2 heteroatoms. The maximum atomic E-state index is 5.67.